The van der Waals surface area contributed by atoms with Crippen molar-refractivity contribution < 1.29 is 14.1 Å². The summed E-state index contributed by atoms with van der Waals surface area (Å²) in [5, 5.41) is 13.4. The lowest BCUT2D eigenvalue weighted by atomic mass is 9.88. The quantitative estimate of drug-likeness (QED) is 0.779. The van der Waals surface area contributed by atoms with E-state index in [2.05, 4.69) is 12.2 Å². The first-order valence-corrected chi connectivity index (χ1v) is 9.52. The highest BCUT2D eigenvalue weighted by Gasteiger charge is 2.23. The average molecular weight is 303 g/mol. The molecular weight excluding hydrogens is 274 g/mol. The molecule has 20 heavy (non-hydrogen) atoms. The zero-order chi connectivity index (χ0) is 14.4. The summed E-state index contributed by atoms with van der Waals surface area (Å²) in [5.41, 5.74) is 0. The van der Waals surface area contributed by atoms with Gasteiger partial charge >= 0.3 is 0 Å². The van der Waals surface area contributed by atoms with Gasteiger partial charge in [0.15, 0.2) is 0 Å². The van der Waals surface area contributed by atoms with E-state index in [1.165, 1.54) is 19.3 Å². The molecule has 0 spiro atoms. The van der Waals surface area contributed by atoms with Gasteiger partial charge in [0.1, 0.15) is 0 Å². The molecule has 3 atom stereocenters. The fourth-order valence-electron chi connectivity index (χ4n) is 3.12. The van der Waals surface area contributed by atoms with Gasteiger partial charge in [0.2, 0.25) is 0 Å². The van der Waals surface area contributed by atoms with Gasteiger partial charge in [0, 0.05) is 34.9 Å². The molecule has 0 aromatic heterocycles. The number of aliphatic hydroxyl groups is 1. The predicted molar refractivity (Wildman–Crippen MR) is 82.3 cm³/mol. The summed E-state index contributed by atoms with van der Waals surface area (Å²) in [5.74, 6) is 2.21. The molecule has 0 radical (unpaired) electrons. The van der Waals surface area contributed by atoms with Crippen LogP contribution in [-0.2, 0) is 15.5 Å². The molecule has 2 rings (SSSR count). The highest BCUT2D eigenvalue weighted by molar-refractivity contribution is 7.85. The van der Waals surface area contributed by atoms with Gasteiger partial charge < -0.3 is 15.2 Å². The SMILES string of the molecule is CC1CCCCC1OCC(O)CNC1CCS(=O)CC1. The molecule has 1 aliphatic heterocycles. The number of ether oxygens (including phenoxy) is 1. The Labute approximate surface area is 125 Å². The lowest BCUT2D eigenvalue weighted by molar-refractivity contribution is -0.0456. The smallest absolute Gasteiger partial charge is 0.0897 e. The Balaban J connectivity index is 1.58. The molecule has 5 heteroatoms. The Hall–Kier alpha value is 0.0300. The maximum atomic E-state index is 11.3. The molecule has 2 fully saturated rings. The van der Waals surface area contributed by atoms with Crippen LogP contribution in [0.5, 0.6) is 0 Å². The van der Waals surface area contributed by atoms with Gasteiger partial charge in [0.05, 0.1) is 18.8 Å². The van der Waals surface area contributed by atoms with Gasteiger partial charge in [-0.15, -0.1) is 0 Å². The van der Waals surface area contributed by atoms with Crippen LogP contribution in [0, 0.1) is 5.92 Å². The van der Waals surface area contributed by atoms with E-state index in [0.29, 0.717) is 31.2 Å². The van der Waals surface area contributed by atoms with Crippen LogP contribution in [0.15, 0.2) is 0 Å². The summed E-state index contributed by atoms with van der Waals surface area (Å²) >= 11 is 0. The van der Waals surface area contributed by atoms with E-state index in [1.807, 2.05) is 0 Å². The highest BCUT2D eigenvalue weighted by atomic mass is 32.2. The van der Waals surface area contributed by atoms with Gasteiger partial charge in [-0.3, -0.25) is 4.21 Å². The van der Waals surface area contributed by atoms with Crippen molar-refractivity contribution in [2.24, 2.45) is 5.92 Å². The van der Waals surface area contributed by atoms with Crippen molar-refractivity contribution in [1.82, 2.24) is 5.32 Å². The molecular formula is C15H29NO3S. The zero-order valence-corrected chi connectivity index (χ0v) is 13.4. The van der Waals surface area contributed by atoms with Crippen molar-refractivity contribution in [3.8, 4) is 0 Å². The number of hydrogen-bond donors (Lipinski definition) is 2. The molecule has 0 aromatic rings. The summed E-state index contributed by atoms with van der Waals surface area (Å²) in [7, 11) is -0.613. The molecule has 0 amide bonds. The van der Waals surface area contributed by atoms with Crippen LogP contribution in [0.3, 0.4) is 0 Å². The first-order chi connectivity index (χ1) is 9.65. The van der Waals surface area contributed by atoms with Gasteiger partial charge in [-0.05, 0) is 31.6 Å². The fourth-order valence-corrected chi connectivity index (χ4v) is 4.42. The van der Waals surface area contributed by atoms with Crippen LogP contribution in [0.1, 0.15) is 45.4 Å². The third kappa shape index (κ3) is 5.43. The van der Waals surface area contributed by atoms with E-state index in [1.54, 1.807) is 0 Å². The summed E-state index contributed by atoms with van der Waals surface area (Å²) in [6.45, 7) is 3.26. The van der Waals surface area contributed by atoms with Gasteiger partial charge in [-0.2, -0.15) is 0 Å². The molecule has 0 bridgehead atoms. The molecule has 4 nitrogen and oxygen atoms in total. The van der Waals surface area contributed by atoms with Crippen LogP contribution < -0.4 is 5.32 Å². The second-order valence-corrected chi connectivity index (χ2v) is 8.01. The molecule has 1 saturated carbocycles. The lowest BCUT2D eigenvalue weighted by Gasteiger charge is -2.30. The molecule has 0 aromatic carbocycles. The van der Waals surface area contributed by atoms with E-state index in [-0.39, 0.29) is 0 Å². The Morgan fingerprint density at radius 2 is 1.95 bits per heavy atom. The van der Waals surface area contributed by atoms with Crippen LogP contribution in [0.2, 0.25) is 0 Å². The molecule has 2 aliphatic rings. The largest absolute Gasteiger partial charge is 0.389 e. The summed E-state index contributed by atoms with van der Waals surface area (Å²) < 4.78 is 17.1. The number of aliphatic hydroxyl groups excluding tert-OH is 1. The second-order valence-electron chi connectivity index (χ2n) is 6.32. The first-order valence-electron chi connectivity index (χ1n) is 8.03. The van der Waals surface area contributed by atoms with E-state index < -0.39 is 16.9 Å². The summed E-state index contributed by atoms with van der Waals surface area (Å²) in [4.78, 5) is 0. The van der Waals surface area contributed by atoms with Gasteiger partial charge in [0.25, 0.3) is 0 Å². The highest BCUT2D eigenvalue weighted by Crippen LogP contribution is 2.26. The van der Waals surface area contributed by atoms with E-state index >= 15 is 0 Å². The normalized spacial score (nSPS) is 36.7. The second kappa shape index (κ2) is 8.47. The zero-order valence-electron chi connectivity index (χ0n) is 12.6. The molecule has 2 N–H and O–H groups in total. The van der Waals surface area contributed by atoms with Crippen LogP contribution in [0.4, 0.5) is 0 Å². The molecule has 1 heterocycles. The van der Waals surface area contributed by atoms with Crippen LogP contribution in [0.25, 0.3) is 0 Å². The molecule has 1 aliphatic carbocycles. The average Bonchev–Trinajstić information content (AvgIpc) is 2.46. The minimum atomic E-state index is -0.613. The standard InChI is InChI=1S/C15H29NO3S/c1-12-4-2-3-5-15(12)19-11-14(17)10-16-13-6-8-20(18)9-7-13/h12-17H,2-11H2,1H3. The van der Waals surface area contributed by atoms with Crippen molar-refractivity contribution in [3.05, 3.63) is 0 Å². The van der Waals surface area contributed by atoms with Gasteiger partial charge in [-0.1, -0.05) is 19.8 Å². The minimum absolute atomic E-state index is 0.329. The third-order valence-corrected chi connectivity index (χ3v) is 5.95. The maximum Gasteiger partial charge on any atom is 0.0897 e. The van der Waals surface area contributed by atoms with Crippen LogP contribution >= 0.6 is 0 Å². The van der Waals surface area contributed by atoms with Crippen molar-refractivity contribution in [3.63, 3.8) is 0 Å². The Kier molecular flexibility index (Phi) is 6.94. The first kappa shape index (κ1) is 16.4. The van der Waals surface area contributed by atoms with Crippen molar-refractivity contribution in [2.75, 3.05) is 24.7 Å². The minimum Gasteiger partial charge on any atom is -0.389 e. The Morgan fingerprint density at radius 1 is 1.25 bits per heavy atom. The van der Waals surface area contributed by atoms with E-state index in [4.69, 9.17) is 4.74 Å². The van der Waals surface area contributed by atoms with Crippen molar-refractivity contribution in [1.29, 1.82) is 0 Å². The third-order valence-electron chi connectivity index (χ3n) is 4.57. The fraction of sp³-hybridized carbons (Fsp3) is 1.00. The van der Waals surface area contributed by atoms with E-state index in [9.17, 15) is 9.32 Å². The molecule has 118 valence electrons. The molecule has 3 unspecified atom stereocenters. The lowest BCUT2D eigenvalue weighted by Crippen LogP contribution is -2.41. The molecule has 1 saturated heterocycles. The number of rotatable bonds is 6. The van der Waals surface area contributed by atoms with Crippen LogP contribution in [-0.4, -0.2) is 52.2 Å². The topological polar surface area (TPSA) is 58.6 Å². The number of hydrogen-bond acceptors (Lipinski definition) is 4. The van der Waals surface area contributed by atoms with Crippen molar-refractivity contribution in [2.45, 2.75) is 63.7 Å². The summed E-state index contributed by atoms with van der Waals surface area (Å²) in [6, 6.07) is 0.413. The van der Waals surface area contributed by atoms with Crippen molar-refractivity contribution >= 4 is 10.8 Å². The monoisotopic (exact) mass is 303 g/mol. The Bertz CT molecular complexity index is 303. The predicted octanol–water partition coefficient (Wildman–Crippen LogP) is 1.44. The summed E-state index contributed by atoms with van der Waals surface area (Å²) in [6.07, 6.45) is 6.76. The van der Waals surface area contributed by atoms with Gasteiger partial charge in [-0.25, -0.2) is 0 Å². The Morgan fingerprint density at radius 3 is 2.65 bits per heavy atom. The number of nitrogens with one attached hydrogen (secondary N) is 1. The maximum absolute atomic E-state index is 11.3. The van der Waals surface area contributed by atoms with E-state index in [0.717, 1.165) is 30.8 Å².